The first-order valence-corrected chi connectivity index (χ1v) is 12.6. The molecule has 1 aromatic carbocycles. The molecule has 0 radical (unpaired) electrons. The van der Waals surface area contributed by atoms with Crippen molar-refractivity contribution in [3.05, 3.63) is 74.8 Å². The zero-order valence-corrected chi connectivity index (χ0v) is 20.3. The normalized spacial score (nSPS) is 24.6. The highest BCUT2D eigenvalue weighted by molar-refractivity contribution is 7.10. The van der Waals surface area contributed by atoms with E-state index in [1.165, 1.54) is 0 Å². The Morgan fingerprint density at radius 2 is 2.06 bits per heavy atom. The van der Waals surface area contributed by atoms with E-state index in [-0.39, 0.29) is 30.4 Å². The smallest absolute Gasteiger partial charge is 0.336 e. The summed E-state index contributed by atoms with van der Waals surface area (Å²) in [5.74, 6) is 0.0600. The number of methoxy groups -OCH3 is 1. The van der Waals surface area contributed by atoms with Gasteiger partial charge in [-0.3, -0.25) is 4.79 Å². The summed E-state index contributed by atoms with van der Waals surface area (Å²) in [5.41, 5.74) is 3.86. The van der Waals surface area contributed by atoms with Crippen LogP contribution in [0, 0.1) is 0 Å². The molecule has 7 heteroatoms. The number of Topliss-reactive ketones (excluding diaryl/α,β-unsaturated/α-hetero) is 1. The van der Waals surface area contributed by atoms with Crippen LogP contribution in [0.5, 0.6) is 5.75 Å². The minimum atomic E-state index is -0.417. The van der Waals surface area contributed by atoms with Gasteiger partial charge in [-0.15, -0.1) is 11.3 Å². The highest BCUT2D eigenvalue weighted by Gasteiger charge is 2.42. The van der Waals surface area contributed by atoms with E-state index in [2.05, 4.69) is 5.32 Å². The van der Waals surface area contributed by atoms with E-state index in [1.807, 2.05) is 48.7 Å². The Labute approximate surface area is 203 Å². The monoisotopic (exact) mass is 479 g/mol. The van der Waals surface area contributed by atoms with E-state index in [4.69, 9.17) is 14.2 Å². The summed E-state index contributed by atoms with van der Waals surface area (Å²) in [6.45, 7) is 2.84. The van der Waals surface area contributed by atoms with Gasteiger partial charge in [-0.1, -0.05) is 24.3 Å². The predicted octanol–water partition coefficient (Wildman–Crippen LogP) is 4.84. The minimum absolute atomic E-state index is 0.0136. The van der Waals surface area contributed by atoms with Gasteiger partial charge in [0.15, 0.2) is 5.78 Å². The fourth-order valence-corrected chi connectivity index (χ4v) is 6.14. The van der Waals surface area contributed by atoms with Crippen molar-refractivity contribution in [3.63, 3.8) is 0 Å². The summed E-state index contributed by atoms with van der Waals surface area (Å²) in [6, 6.07) is 11.8. The maximum absolute atomic E-state index is 13.6. The first-order chi connectivity index (χ1) is 16.6. The van der Waals surface area contributed by atoms with Gasteiger partial charge in [0.1, 0.15) is 12.4 Å². The van der Waals surface area contributed by atoms with E-state index in [0.29, 0.717) is 30.6 Å². The van der Waals surface area contributed by atoms with Gasteiger partial charge in [0, 0.05) is 40.8 Å². The third-order valence-electron chi connectivity index (χ3n) is 6.88. The summed E-state index contributed by atoms with van der Waals surface area (Å²) in [6.07, 6.45) is 2.89. The zero-order valence-electron chi connectivity index (χ0n) is 19.5. The van der Waals surface area contributed by atoms with Crippen molar-refractivity contribution in [3.8, 4) is 5.75 Å². The number of allylic oxidation sites excluding steroid dienone is 3. The second-order valence-corrected chi connectivity index (χ2v) is 9.99. The van der Waals surface area contributed by atoms with Crippen LogP contribution < -0.4 is 10.1 Å². The average Bonchev–Trinajstić information content (AvgIpc) is 3.56. The van der Waals surface area contributed by atoms with Crippen LogP contribution in [-0.4, -0.2) is 38.2 Å². The molecule has 0 bridgehead atoms. The van der Waals surface area contributed by atoms with Crippen molar-refractivity contribution in [2.45, 2.75) is 50.5 Å². The van der Waals surface area contributed by atoms with Gasteiger partial charge in [0.2, 0.25) is 0 Å². The van der Waals surface area contributed by atoms with Crippen LogP contribution in [0.4, 0.5) is 0 Å². The fourth-order valence-electron chi connectivity index (χ4n) is 5.30. The van der Waals surface area contributed by atoms with Crippen molar-refractivity contribution < 1.29 is 23.8 Å². The summed E-state index contributed by atoms with van der Waals surface area (Å²) in [5, 5.41) is 5.39. The third-order valence-corrected chi connectivity index (χ3v) is 7.82. The fraction of sp³-hybridized carbons (Fsp3) is 0.407. The van der Waals surface area contributed by atoms with Crippen LogP contribution in [0.25, 0.3) is 0 Å². The highest BCUT2D eigenvalue weighted by atomic mass is 32.1. The number of rotatable bonds is 6. The molecule has 1 N–H and O–H groups in total. The van der Waals surface area contributed by atoms with Crippen molar-refractivity contribution in [1.82, 2.24) is 5.32 Å². The lowest BCUT2D eigenvalue weighted by Gasteiger charge is -2.36. The lowest BCUT2D eigenvalue weighted by atomic mass is 9.73. The number of ketones is 1. The minimum Gasteiger partial charge on any atom is -0.496 e. The molecule has 2 aliphatic heterocycles. The van der Waals surface area contributed by atoms with Crippen molar-refractivity contribution in [2.75, 3.05) is 20.3 Å². The predicted molar refractivity (Wildman–Crippen MR) is 130 cm³/mol. The van der Waals surface area contributed by atoms with E-state index in [1.54, 1.807) is 18.4 Å². The number of nitrogens with one attached hydrogen (secondary N) is 1. The van der Waals surface area contributed by atoms with E-state index >= 15 is 0 Å². The average molecular weight is 480 g/mol. The molecule has 0 saturated carbocycles. The topological polar surface area (TPSA) is 73.9 Å². The molecular weight excluding hydrogens is 450 g/mol. The van der Waals surface area contributed by atoms with E-state index in [9.17, 15) is 9.59 Å². The Balaban J connectivity index is 1.47. The van der Waals surface area contributed by atoms with Crippen LogP contribution in [0.1, 0.15) is 54.9 Å². The molecule has 3 heterocycles. The van der Waals surface area contributed by atoms with Gasteiger partial charge >= 0.3 is 5.97 Å². The quantitative estimate of drug-likeness (QED) is 0.598. The lowest BCUT2D eigenvalue weighted by Crippen LogP contribution is -2.36. The number of para-hydroxylation sites is 1. The largest absolute Gasteiger partial charge is 0.496 e. The molecule has 1 aromatic heterocycles. The Bertz CT molecular complexity index is 1140. The van der Waals surface area contributed by atoms with Crippen LogP contribution in [0.3, 0.4) is 0 Å². The second kappa shape index (κ2) is 9.76. The van der Waals surface area contributed by atoms with Crippen molar-refractivity contribution in [1.29, 1.82) is 0 Å². The molecule has 3 aliphatic rings. The van der Waals surface area contributed by atoms with Crippen LogP contribution in [-0.2, 0) is 19.1 Å². The van der Waals surface area contributed by atoms with Gasteiger partial charge in [-0.05, 0) is 49.3 Å². The molecule has 0 unspecified atom stereocenters. The number of hydrogen-bond donors (Lipinski definition) is 1. The number of hydrogen-bond acceptors (Lipinski definition) is 7. The molecule has 1 aliphatic carbocycles. The zero-order chi connectivity index (χ0) is 23.7. The molecule has 1 saturated heterocycles. The van der Waals surface area contributed by atoms with Crippen LogP contribution in [0.2, 0.25) is 0 Å². The van der Waals surface area contributed by atoms with Crippen LogP contribution >= 0.6 is 11.3 Å². The number of esters is 1. The summed E-state index contributed by atoms with van der Waals surface area (Å²) < 4.78 is 16.9. The first kappa shape index (κ1) is 22.9. The number of ether oxygens (including phenoxy) is 3. The molecule has 34 heavy (non-hydrogen) atoms. The SMILES string of the molecule is COc1ccccc1[C@@H]1CC(=O)C2=C(C1)NC(C)=C(C(=O)OC[C@@H]1CCCO1)[C@H]2c1cccs1. The number of thiophene rings is 1. The molecule has 2 aromatic rings. The van der Waals surface area contributed by atoms with Crippen molar-refractivity contribution >= 4 is 23.1 Å². The maximum Gasteiger partial charge on any atom is 0.336 e. The van der Waals surface area contributed by atoms with Gasteiger partial charge in [0.05, 0.1) is 24.7 Å². The van der Waals surface area contributed by atoms with Gasteiger partial charge in [0.25, 0.3) is 0 Å². The Morgan fingerprint density at radius 3 is 2.79 bits per heavy atom. The summed E-state index contributed by atoms with van der Waals surface area (Å²) in [7, 11) is 1.65. The maximum atomic E-state index is 13.6. The molecule has 5 rings (SSSR count). The summed E-state index contributed by atoms with van der Waals surface area (Å²) >= 11 is 1.56. The van der Waals surface area contributed by atoms with Gasteiger partial charge in [-0.25, -0.2) is 4.79 Å². The van der Waals surface area contributed by atoms with Gasteiger partial charge in [-0.2, -0.15) is 0 Å². The van der Waals surface area contributed by atoms with Gasteiger partial charge < -0.3 is 19.5 Å². The molecular formula is C27H29NO5S. The molecule has 6 nitrogen and oxygen atoms in total. The first-order valence-electron chi connectivity index (χ1n) is 11.8. The molecule has 0 amide bonds. The number of carbonyl (C=O) groups is 2. The number of carbonyl (C=O) groups excluding carboxylic acids is 2. The second-order valence-electron chi connectivity index (χ2n) is 9.01. The van der Waals surface area contributed by atoms with Crippen molar-refractivity contribution in [2.24, 2.45) is 0 Å². The van der Waals surface area contributed by atoms with E-state index in [0.717, 1.165) is 40.4 Å². The Kier molecular flexibility index (Phi) is 6.57. The molecule has 0 spiro atoms. The van der Waals surface area contributed by atoms with Crippen LogP contribution in [0.15, 0.2) is 64.3 Å². The highest BCUT2D eigenvalue weighted by Crippen LogP contribution is 2.47. The summed E-state index contributed by atoms with van der Waals surface area (Å²) in [4.78, 5) is 27.9. The standard InChI is InChI=1S/C27H29NO5S/c1-16-24(27(30)33-15-18-7-5-11-32-18)26(23-10-6-12-34-23)25-20(28-16)13-17(14-21(25)29)19-8-3-4-9-22(19)31-2/h3-4,6,8-10,12,17-18,26,28H,5,7,11,13-15H2,1-2H3/t17-,18-,26+/m0/s1. The molecule has 178 valence electrons. The number of dihydropyridines is 1. The third kappa shape index (κ3) is 4.30. The Morgan fingerprint density at radius 1 is 1.21 bits per heavy atom. The van der Waals surface area contributed by atoms with E-state index < -0.39 is 5.92 Å². The Hall–Kier alpha value is -2.90. The molecule has 3 atom stereocenters. The molecule has 1 fully saturated rings. The number of benzene rings is 1. The lowest BCUT2D eigenvalue weighted by molar-refractivity contribution is -0.142.